The van der Waals surface area contributed by atoms with Gasteiger partial charge in [0.2, 0.25) is 10.0 Å². The van der Waals surface area contributed by atoms with Crippen LogP contribution in [0, 0.1) is 6.92 Å². The molecule has 0 radical (unpaired) electrons. The van der Waals surface area contributed by atoms with Gasteiger partial charge in [0.25, 0.3) is 0 Å². The van der Waals surface area contributed by atoms with Crippen LogP contribution in [0.3, 0.4) is 0 Å². The Morgan fingerprint density at radius 2 is 1.79 bits per heavy atom. The molecule has 1 aliphatic heterocycles. The van der Waals surface area contributed by atoms with Crippen molar-refractivity contribution >= 4 is 15.8 Å². The highest BCUT2D eigenvalue weighted by atomic mass is 32.2. The van der Waals surface area contributed by atoms with Crippen LogP contribution in [0.25, 0.3) is 5.82 Å². The molecule has 0 bridgehead atoms. The first-order valence-corrected chi connectivity index (χ1v) is 10.6. The topological polar surface area (TPSA) is 107 Å². The van der Waals surface area contributed by atoms with Gasteiger partial charge in [-0.25, -0.2) is 23.1 Å². The van der Waals surface area contributed by atoms with Gasteiger partial charge in [-0.05, 0) is 31.2 Å². The fraction of sp³-hybridized carbons (Fsp3) is 0.263. The van der Waals surface area contributed by atoms with E-state index in [1.807, 2.05) is 42.1 Å². The van der Waals surface area contributed by atoms with Crippen molar-refractivity contribution in [1.82, 2.24) is 19.3 Å². The van der Waals surface area contributed by atoms with Gasteiger partial charge in [-0.1, -0.05) is 0 Å². The van der Waals surface area contributed by atoms with Crippen LogP contribution in [0.4, 0.5) is 5.82 Å². The lowest BCUT2D eigenvalue weighted by Crippen LogP contribution is -2.29. The molecule has 2 N–H and O–H groups in total. The predicted molar refractivity (Wildman–Crippen MR) is 107 cm³/mol. The molecule has 0 aliphatic carbocycles. The summed E-state index contributed by atoms with van der Waals surface area (Å²) in [5, 5.41) is 3.13. The lowest BCUT2D eigenvalue weighted by Gasteiger charge is -2.19. The Labute approximate surface area is 168 Å². The number of nitrogens with zero attached hydrogens (tertiary/aromatic N) is 3. The van der Waals surface area contributed by atoms with Crippen LogP contribution < -0.4 is 19.5 Å². The highest BCUT2D eigenvalue weighted by Gasteiger charge is 2.19. The van der Waals surface area contributed by atoms with Crippen LogP contribution >= 0.6 is 0 Å². The van der Waals surface area contributed by atoms with Gasteiger partial charge in [0.1, 0.15) is 30.7 Å². The third kappa shape index (κ3) is 4.49. The third-order valence-electron chi connectivity index (χ3n) is 4.24. The van der Waals surface area contributed by atoms with Crippen molar-refractivity contribution in [3.63, 3.8) is 0 Å². The standard InChI is InChI=1S/C19H21N5O4S/c1-14-22-18(13-19(23-14)24-8-2-3-9-24)20-6-7-21-29(25,26)15-4-5-16-17(12-15)28-11-10-27-16/h2-5,8-9,12-13,21H,6-7,10-11H2,1H3,(H,20,22,23). The molecule has 3 heterocycles. The minimum atomic E-state index is -3.66. The van der Waals surface area contributed by atoms with E-state index in [1.165, 1.54) is 12.1 Å². The summed E-state index contributed by atoms with van der Waals surface area (Å²) in [7, 11) is -3.66. The van der Waals surface area contributed by atoms with Crippen molar-refractivity contribution in [1.29, 1.82) is 0 Å². The molecule has 1 aliphatic rings. The van der Waals surface area contributed by atoms with Crippen molar-refractivity contribution in [2.75, 3.05) is 31.6 Å². The molecule has 0 saturated heterocycles. The Balaban J connectivity index is 1.37. The number of benzene rings is 1. The number of anilines is 1. The molecule has 2 aromatic heterocycles. The first-order valence-electron chi connectivity index (χ1n) is 9.13. The van der Waals surface area contributed by atoms with E-state index in [4.69, 9.17) is 9.47 Å². The van der Waals surface area contributed by atoms with Gasteiger partial charge in [0, 0.05) is 37.6 Å². The molecule has 0 atom stereocenters. The summed E-state index contributed by atoms with van der Waals surface area (Å²) in [5.74, 6) is 2.97. The van der Waals surface area contributed by atoms with E-state index in [9.17, 15) is 8.42 Å². The summed E-state index contributed by atoms with van der Waals surface area (Å²) in [6.07, 6.45) is 3.79. The van der Waals surface area contributed by atoms with Gasteiger partial charge >= 0.3 is 0 Å². The second-order valence-electron chi connectivity index (χ2n) is 6.38. The zero-order chi connectivity index (χ0) is 20.3. The van der Waals surface area contributed by atoms with Crippen molar-refractivity contribution in [2.24, 2.45) is 0 Å². The minimum Gasteiger partial charge on any atom is -0.486 e. The number of aryl methyl sites for hydroxylation is 1. The molecule has 29 heavy (non-hydrogen) atoms. The molecule has 0 spiro atoms. The maximum absolute atomic E-state index is 12.5. The molecule has 3 aromatic rings. The van der Waals surface area contributed by atoms with Gasteiger partial charge in [-0.3, -0.25) is 0 Å². The van der Waals surface area contributed by atoms with Crippen LogP contribution in [-0.2, 0) is 10.0 Å². The van der Waals surface area contributed by atoms with E-state index >= 15 is 0 Å². The van der Waals surface area contributed by atoms with Crippen molar-refractivity contribution < 1.29 is 17.9 Å². The van der Waals surface area contributed by atoms with Gasteiger partial charge in [-0.15, -0.1) is 0 Å². The quantitative estimate of drug-likeness (QED) is 0.566. The monoisotopic (exact) mass is 415 g/mol. The third-order valence-corrected chi connectivity index (χ3v) is 5.70. The summed E-state index contributed by atoms with van der Waals surface area (Å²) < 4.78 is 40.4. The zero-order valence-electron chi connectivity index (χ0n) is 15.8. The molecule has 1 aromatic carbocycles. The Hall–Kier alpha value is -3.11. The molecule has 4 rings (SSSR count). The normalized spacial score (nSPS) is 13.3. The maximum Gasteiger partial charge on any atom is 0.240 e. The molecule has 152 valence electrons. The Kier molecular flexibility index (Phi) is 5.36. The number of hydrogen-bond acceptors (Lipinski definition) is 7. The number of fused-ring (bicyclic) bond motifs is 1. The fourth-order valence-electron chi connectivity index (χ4n) is 2.91. The van der Waals surface area contributed by atoms with E-state index in [-0.39, 0.29) is 11.4 Å². The lowest BCUT2D eigenvalue weighted by atomic mass is 10.3. The summed E-state index contributed by atoms with van der Waals surface area (Å²) in [5.41, 5.74) is 0. The lowest BCUT2D eigenvalue weighted by molar-refractivity contribution is 0.171. The second kappa shape index (κ2) is 8.10. The van der Waals surface area contributed by atoms with Gasteiger partial charge < -0.3 is 19.4 Å². The van der Waals surface area contributed by atoms with E-state index in [2.05, 4.69) is 20.0 Å². The largest absolute Gasteiger partial charge is 0.486 e. The second-order valence-corrected chi connectivity index (χ2v) is 8.15. The van der Waals surface area contributed by atoms with Crippen LogP contribution in [-0.4, -0.2) is 49.3 Å². The average Bonchev–Trinajstić information content (AvgIpc) is 3.25. The van der Waals surface area contributed by atoms with Crippen LogP contribution in [0.1, 0.15) is 5.82 Å². The van der Waals surface area contributed by atoms with Crippen molar-refractivity contribution in [3.8, 4) is 17.3 Å². The van der Waals surface area contributed by atoms with Crippen LogP contribution in [0.15, 0.2) is 53.7 Å². The zero-order valence-corrected chi connectivity index (χ0v) is 16.6. The highest BCUT2D eigenvalue weighted by Crippen LogP contribution is 2.32. The Bertz CT molecular complexity index is 1100. The number of ether oxygens (including phenoxy) is 2. The number of aromatic nitrogens is 3. The first-order chi connectivity index (χ1) is 14.0. The van der Waals surface area contributed by atoms with Gasteiger partial charge in [-0.2, -0.15) is 0 Å². The molecule has 0 unspecified atom stereocenters. The first kappa shape index (κ1) is 19.2. The summed E-state index contributed by atoms with van der Waals surface area (Å²) >= 11 is 0. The molecule has 0 fully saturated rings. The summed E-state index contributed by atoms with van der Waals surface area (Å²) in [6.45, 7) is 3.22. The smallest absolute Gasteiger partial charge is 0.240 e. The number of nitrogens with one attached hydrogen (secondary N) is 2. The molecule has 0 amide bonds. The SMILES string of the molecule is Cc1nc(NCCNS(=O)(=O)c2ccc3c(c2)OCCO3)cc(-n2cccc2)n1. The molecular formula is C19H21N5O4S. The average molecular weight is 415 g/mol. The van der Waals surface area contributed by atoms with Crippen LogP contribution in [0.2, 0.25) is 0 Å². The highest BCUT2D eigenvalue weighted by molar-refractivity contribution is 7.89. The van der Waals surface area contributed by atoms with Crippen molar-refractivity contribution in [2.45, 2.75) is 11.8 Å². The summed E-state index contributed by atoms with van der Waals surface area (Å²) in [4.78, 5) is 8.87. The Morgan fingerprint density at radius 1 is 1.03 bits per heavy atom. The number of sulfonamides is 1. The maximum atomic E-state index is 12.5. The van der Waals surface area contributed by atoms with E-state index in [1.54, 1.807) is 6.07 Å². The molecule has 9 nitrogen and oxygen atoms in total. The molecule has 0 saturated carbocycles. The van der Waals surface area contributed by atoms with Gasteiger partial charge in [0.15, 0.2) is 11.5 Å². The number of rotatable bonds is 7. The summed E-state index contributed by atoms with van der Waals surface area (Å²) in [6, 6.07) is 10.2. The van der Waals surface area contributed by atoms with E-state index in [0.29, 0.717) is 42.9 Å². The van der Waals surface area contributed by atoms with E-state index in [0.717, 1.165) is 5.82 Å². The minimum absolute atomic E-state index is 0.134. The molecule has 10 heteroatoms. The van der Waals surface area contributed by atoms with Crippen LogP contribution in [0.5, 0.6) is 11.5 Å². The predicted octanol–water partition coefficient (Wildman–Crippen LogP) is 1.74. The fourth-order valence-corrected chi connectivity index (χ4v) is 3.96. The van der Waals surface area contributed by atoms with Gasteiger partial charge in [0.05, 0.1) is 4.90 Å². The Morgan fingerprint density at radius 3 is 2.59 bits per heavy atom. The van der Waals surface area contributed by atoms with E-state index < -0.39 is 10.0 Å². The molecular weight excluding hydrogens is 394 g/mol. The van der Waals surface area contributed by atoms with Crippen molar-refractivity contribution in [3.05, 3.63) is 54.6 Å². The number of hydrogen-bond donors (Lipinski definition) is 2.